The number of para-hydroxylation sites is 1. The van der Waals surface area contributed by atoms with Gasteiger partial charge in [0.15, 0.2) is 17.2 Å². The summed E-state index contributed by atoms with van der Waals surface area (Å²) in [5, 5.41) is 20.9. The molecular formula is C19H20N8O. The molecule has 5 rings (SSSR count). The molecule has 28 heavy (non-hydrogen) atoms. The molecule has 1 fully saturated rings. The molecular weight excluding hydrogens is 356 g/mol. The Hall–Kier alpha value is -3.49. The number of H-pyrrole nitrogens is 1. The minimum Gasteiger partial charge on any atom is -0.353 e. The number of benzene rings is 1. The second-order valence-corrected chi connectivity index (χ2v) is 6.96. The van der Waals surface area contributed by atoms with Crippen LogP contribution in [0.4, 0.5) is 5.82 Å². The van der Waals surface area contributed by atoms with Gasteiger partial charge in [-0.2, -0.15) is 9.61 Å². The summed E-state index contributed by atoms with van der Waals surface area (Å²) in [5.41, 5.74) is 2.10. The lowest BCUT2D eigenvalue weighted by Gasteiger charge is -2.22. The van der Waals surface area contributed by atoms with Gasteiger partial charge in [0.2, 0.25) is 0 Å². The van der Waals surface area contributed by atoms with Crippen molar-refractivity contribution >= 4 is 28.3 Å². The van der Waals surface area contributed by atoms with E-state index in [4.69, 9.17) is 0 Å². The van der Waals surface area contributed by atoms with Crippen molar-refractivity contribution in [1.82, 2.24) is 34.9 Å². The largest absolute Gasteiger partial charge is 0.353 e. The van der Waals surface area contributed by atoms with Gasteiger partial charge in [-0.15, -0.1) is 15.3 Å². The molecule has 0 radical (unpaired) electrons. The topological polar surface area (TPSA) is 95.3 Å². The van der Waals surface area contributed by atoms with Crippen LogP contribution in [0.3, 0.4) is 0 Å². The lowest BCUT2D eigenvalue weighted by Crippen LogP contribution is -2.35. The third kappa shape index (κ3) is 2.75. The minimum atomic E-state index is -0.0302. The Morgan fingerprint density at radius 1 is 1.04 bits per heavy atom. The van der Waals surface area contributed by atoms with Gasteiger partial charge in [-0.05, 0) is 31.5 Å². The molecule has 0 spiro atoms. The van der Waals surface area contributed by atoms with Gasteiger partial charge in [-0.3, -0.25) is 9.89 Å². The molecule has 4 aromatic rings. The van der Waals surface area contributed by atoms with Crippen molar-refractivity contribution in [1.29, 1.82) is 0 Å². The molecule has 9 heteroatoms. The molecule has 142 valence electrons. The van der Waals surface area contributed by atoms with Crippen LogP contribution >= 0.6 is 0 Å². The molecule has 0 saturated carbocycles. The molecule has 1 aliphatic rings. The molecule has 0 atom stereocenters. The molecule has 1 aromatic carbocycles. The van der Waals surface area contributed by atoms with Crippen molar-refractivity contribution in [2.45, 2.75) is 13.3 Å². The maximum absolute atomic E-state index is 13.0. The number of aromatic nitrogens is 6. The molecule has 4 heterocycles. The predicted molar refractivity (Wildman–Crippen MR) is 104 cm³/mol. The third-order valence-electron chi connectivity index (χ3n) is 5.18. The highest BCUT2D eigenvalue weighted by molar-refractivity contribution is 6.04. The zero-order valence-corrected chi connectivity index (χ0v) is 15.5. The van der Waals surface area contributed by atoms with E-state index in [0.29, 0.717) is 25.3 Å². The van der Waals surface area contributed by atoms with Crippen LogP contribution in [0.5, 0.6) is 0 Å². The fraction of sp³-hybridized carbons (Fsp3) is 0.316. The van der Waals surface area contributed by atoms with E-state index in [1.807, 2.05) is 48.2 Å². The molecule has 0 unspecified atom stereocenters. The van der Waals surface area contributed by atoms with E-state index in [2.05, 4.69) is 30.4 Å². The first-order valence-electron chi connectivity index (χ1n) is 9.37. The van der Waals surface area contributed by atoms with Crippen molar-refractivity contribution < 1.29 is 4.79 Å². The van der Waals surface area contributed by atoms with E-state index in [0.717, 1.165) is 41.2 Å². The van der Waals surface area contributed by atoms with Crippen LogP contribution in [-0.2, 0) is 0 Å². The minimum absolute atomic E-state index is 0.0302. The Morgan fingerprint density at radius 2 is 1.93 bits per heavy atom. The van der Waals surface area contributed by atoms with Gasteiger partial charge in [-0.1, -0.05) is 18.2 Å². The molecule has 1 N–H and O–H groups in total. The number of hydrogen-bond acceptors (Lipinski definition) is 6. The lowest BCUT2D eigenvalue weighted by molar-refractivity contribution is 0.0763. The quantitative estimate of drug-likeness (QED) is 0.572. The Labute approximate surface area is 161 Å². The second kappa shape index (κ2) is 6.59. The first kappa shape index (κ1) is 16.7. The number of hydrogen-bond donors (Lipinski definition) is 1. The van der Waals surface area contributed by atoms with E-state index < -0.39 is 0 Å². The molecule has 0 bridgehead atoms. The van der Waals surface area contributed by atoms with Gasteiger partial charge >= 0.3 is 0 Å². The summed E-state index contributed by atoms with van der Waals surface area (Å²) >= 11 is 0. The summed E-state index contributed by atoms with van der Waals surface area (Å²) in [5.74, 6) is 1.60. The standard InChI is InChI=1S/C19H20N8O/c1-13-20-22-16-7-8-17(24-27(13)16)25-9-4-10-26(12-11-25)19(28)18-14-5-2-3-6-15(14)21-23-18/h2-3,5-8H,4,9-12H2,1H3,(H,21,23). The van der Waals surface area contributed by atoms with Crippen LogP contribution in [0.15, 0.2) is 36.4 Å². The van der Waals surface area contributed by atoms with Crippen LogP contribution in [-0.4, -0.2) is 67.0 Å². The highest BCUT2D eigenvalue weighted by Gasteiger charge is 2.24. The van der Waals surface area contributed by atoms with Gasteiger partial charge < -0.3 is 9.80 Å². The smallest absolute Gasteiger partial charge is 0.275 e. The fourth-order valence-corrected chi connectivity index (χ4v) is 3.68. The predicted octanol–water partition coefficient (Wildman–Crippen LogP) is 1.66. The van der Waals surface area contributed by atoms with Crippen molar-refractivity contribution in [3.8, 4) is 0 Å². The highest BCUT2D eigenvalue weighted by atomic mass is 16.2. The first-order chi connectivity index (χ1) is 13.7. The van der Waals surface area contributed by atoms with E-state index in [-0.39, 0.29) is 5.91 Å². The maximum Gasteiger partial charge on any atom is 0.275 e. The molecule has 9 nitrogen and oxygen atoms in total. The third-order valence-corrected chi connectivity index (χ3v) is 5.18. The maximum atomic E-state index is 13.0. The summed E-state index contributed by atoms with van der Waals surface area (Å²) in [6.07, 6.45) is 0.870. The van der Waals surface area contributed by atoms with E-state index in [9.17, 15) is 4.79 Å². The number of nitrogens with one attached hydrogen (secondary N) is 1. The molecule has 3 aromatic heterocycles. The van der Waals surface area contributed by atoms with Crippen LogP contribution in [0.25, 0.3) is 16.6 Å². The van der Waals surface area contributed by atoms with Crippen molar-refractivity contribution in [2.75, 3.05) is 31.1 Å². The number of amides is 1. The van der Waals surface area contributed by atoms with Crippen LogP contribution in [0, 0.1) is 6.92 Å². The number of rotatable bonds is 2. The molecule has 1 aliphatic heterocycles. The lowest BCUT2D eigenvalue weighted by atomic mass is 10.2. The van der Waals surface area contributed by atoms with Crippen molar-refractivity contribution in [3.63, 3.8) is 0 Å². The van der Waals surface area contributed by atoms with E-state index >= 15 is 0 Å². The molecule has 1 saturated heterocycles. The Bertz CT molecular complexity index is 1160. The van der Waals surface area contributed by atoms with Gasteiger partial charge in [0.25, 0.3) is 5.91 Å². The van der Waals surface area contributed by atoms with Gasteiger partial charge in [0, 0.05) is 31.6 Å². The van der Waals surface area contributed by atoms with Gasteiger partial charge in [0.05, 0.1) is 5.52 Å². The number of carbonyl (C=O) groups excluding carboxylic acids is 1. The number of carbonyl (C=O) groups is 1. The van der Waals surface area contributed by atoms with E-state index in [1.165, 1.54) is 0 Å². The van der Waals surface area contributed by atoms with E-state index in [1.54, 1.807) is 4.52 Å². The van der Waals surface area contributed by atoms with Gasteiger partial charge in [-0.25, -0.2) is 0 Å². The fourth-order valence-electron chi connectivity index (χ4n) is 3.68. The average Bonchev–Trinajstić information content (AvgIpc) is 3.22. The number of fused-ring (bicyclic) bond motifs is 2. The van der Waals surface area contributed by atoms with Crippen LogP contribution in [0.1, 0.15) is 22.7 Å². The second-order valence-electron chi connectivity index (χ2n) is 6.96. The summed E-state index contributed by atoms with van der Waals surface area (Å²) in [6.45, 7) is 4.76. The highest BCUT2D eigenvalue weighted by Crippen LogP contribution is 2.19. The van der Waals surface area contributed by atoms with Crippen LogP contribution < -0.4 is 4.90 Å². The number of aryl methyl sites for hydroxylation is 1. The summed E-state index contributed by atoms with van der Waals surface area (Å²) < 4.78 is 1.75. The summed E-state index contributed by atoms with van der Waals surface area (Å²) in [4.78, 5) is 17.1. The van der Waals surface area contributed by atoms with Crippen molar-refractivity contribution in [2.24, 2.45) is 0 Å². The van der Waals surface area contributed by atoms with Crippen molar-refractivity contribution in [3.05, 3.63) is 47.9 Å². The number of anilines is 1. The zero-order valence-electron chi connectivity index (χ0n) is 15.5. The monoisotopic (exact) mass is 376 g/mol. The Kier molecular flexibility index (Phi) is 3.92. The molecule has 1 amide bonds. The number of nitrogens with zero attached hydrogens (tertiary/aromatic N) is 7. The molecule has 0 aliphatic carbocycles. The normalized spacial score (nSPS) is 15.3. The SMILES string of the molecule is Cc1nnc2ccc(N3CCCN(C(=O)c4n[nH]c5ccccc45)CC3)nn12. The Morgan fingerprint density at radius 3 is 2.86 bits per heavy atom. The zero-order chi connectivity index (χ0) is 19.1. The average molecular weight is 376 g/mol. The van der Waals surface area contributed by atoms with Crippen LogP contribution in [0.2, 0.25) is 0 Å². The number of aromatic amines is 1. The Balaban J connectivity index is 1.36. The van der Waals surface area contributed by atoms with Gasteiger partial charge in [0.1, 0.15) is 5.82 Å². The summed E-state index contributed by atoms with van der Waals surface area (Å²) in [6, 6.07) is 11.6. The first-order valence-corrected chi connectivity index (χ1v) is 9.37. The summed E-state index contributed by atoms with van der Waals surface area (Å²) in [7, 11) is 0.